The summed E-state index contributed by atoms with van der Waals surface area (Å²) >= 11 is 0. The molecule has 0 aromatic heterocycles. The lowest BCUT2D eigenvalue weighted by Gasteiger charge is -2.34. The van der Waals surface area contributed by atoms with Crippen molar-refractivity contribution in [2.75, 3.05) is 37.6 Å². The molecule has 0 spiro atoms. The number of hydrogen-bond donors (Lipinski definition) is 0. The van der Waals surface area contributed by atoms with Crippen molar-refractivity contribution in [2.45, 2.75) is 56.3 Å². The number of sulfonamides is 1. The molecule has 3 fully saturated rings. The van der Waals surface area contributed by atoms with Crippen molar-refractivity contribution in [2.24, 2.45) is 5.92 Å². The standard InChI is InChI=1S/C22H31N3O4S/c26-21-8-6-16-25(21)19-9-11-20(12-10-19)30(28,29)24-15-5-7-18(17-24)22(27)23-13-3-1-2-4-14-23/h9-12,18H,1-8,13-17H2. The number of benzene rings is 1. The van der Waals surface area contributed by atoms with Gasteiger partial charge in [0, 0.05) is 44.8 Å². The van der Waals surface area contributed by atoms with E-state index in [0.717, 1.165) is 57.3 Å². The lowest BCUT2D eigenvalue weighted by atomic mass is 9.98. The summed E-state index contributed by atoms with van der Waals surface area (Å²) < 4.78 is 27.9. The van der Waals surface area contributed by atoms with Gasteiger partial charge in [-0.1, -0.05) is 12.8 Å². The molecular weight excluding hydrogens is 402 g/mol. The van der Waals surface area contributed by atoms with Crippen LogP contribution in [0.2, 0.25) is 0 Å². The van der Waals surface area contributed by atoms with E-state index in [0.29, 0.717) is 25.9 Å². The third kappa shape index (κ3) is 4.39. The molecule has 1 aromatic rings. The van der Waals surface area contributed by atoms with Gasteiger partial charge >= 0.3 is 0 Å². The number of piperidine rings is 1. The minimum absolute atomic E-state index is 0.0801. The number of carbonyl (C=O) groups excluding carboxylic acids is 2. The number of nitrogens with zero attached hydrogens (tertiary/aromatic N) is 3. The molecule has 3 aliphatic rings. The van der Waals surface area contributed by atoms with Gasteiger partial charge in [-0.15, -0.1) is 0 Å². The van der Waals surface area contributed by atoms with Crippen molar-refractivity contribution in [1.29, 1.82) is 0 Å². The number of rotatable bonds is 4. The highest BCUT2D eigenvalue weighted by molar-refractivity contribution is 7.89. The second kappa shape index (κ2) is 9.06. The first kappa shape index (κ1) is 21.3. The highest BCUT2D eigenvalue weighted by Crippen LogP contribution is 2.28. The molecular formula is C22H31N3O4S. The van der Waals surface area contributed by atoms with Crippen LogP contribution in [-0.2, 0) is 19.6 Å². The summed E-state index contributed by atoms with van der Waals surface area (Å²) in [6.07, 6.45) is 7.21. The molecule has 1 aromatic carbocycles. The minimum Gasteiger partial charge on any atom is -0.342 e. The Morgan fingerprint density at radius 2 is 1.57 bits per heavy atom. The third-order valence-electron chi connectivity index (χ3n) is 6.51. The van der Waals surface area contributed by atoms with E-state index < -0.39 is 10.0 Å². The van der Waals surface area contributed by atoms with Crippen LogP contribution in [0.15, 0.2) is 29.2 Å². The Morgan fingerprint density at radius 3 is 2.20 bits per heavy atom. The Bertz CT molecular complexity index is 876. The molecule has 3 saturated heterocycles. The minimum atomic E-state index is -3.66. The van der Waals surface area contributed by atoms with Gasteiger partial charge in [0.25, 0.3) is 0 Å². The first-order chi connectivity index (χ1) is 14.5. The van der Waals surface area contributed by atoms with Crippen LogP contribution in [0.3, 0.4) is 0 Å². The molecule has 8 heteroatoms. The summed E-state index contributed by atoms with van der Waals surface area (Å²) in [6.45, 7) is 2.96. The predicted octanol–water partition coefficient (Wildman–Crippen LogP) is 2.62. The van der Waals surface area contributed by atoms with E-state index in [2.05, 4.69) is 0 Å². The molecule has 2 amide bonds. The molecule has 1 unspecified atom stereocenters. The Kier molecular flexibility index (Phi) is 6.43. The van der Waals surface area contributed by atoms with Crippen molar-refractivity contribution in [3.63, 3.8) is 0 Å². The number of amides is 2. The average molecular weight is 434 g/mol. The van der Waals surface area contributed by atoms with Gasteiger partial charge < -0.3 is 9.80 Å². The molecule has 3 heterocycles. The molecule has 1 atom stereocenters. The van der Waals surface area contributed by atoms with Gasteiger partial charge in [0.2, 0.25) is 21.8 Å². The Hall–Kier alpha value is -1.93. The lowest BCUT2D eigenvalue weighted by Crippen LogP contribution is -2.46. The maximum absolute atomic E-state index is 13.2. The summed E-state index contributed by atoms with van der Waals surface area (Å²) in [4.78, 5) is 28.8. The number of carbonyl (C=O) groups is 2. The lowest BCUT2D eigenvalue weighted by molar-refractivity contribution is -0.136. The normalized spacial score (nSPS) is 24.1. The quantitative estimate of drug-likeness (QED) is 0.731. The van der Waals surface area contributed by atoms with Crippen LogP contribution in [0.4, 0.5) is 5.69 Å². The summed E-state index contributed by atoms with van der Waals surface area (Å²) in [5.74, 6) is -0.0654. The van der Waals surface area contributed by atoms with Crippen LogP contribution >= 0.6 is 0 Å². The van der Waals surface area contributed by atoms with Gasteiger partial charge in [-0.05, 0) is 56.4 Å². The van der Waals surface area contributed by atoms with Crippen molar-refractivity contribution in [1.82, 2.24) is 9.21 Å². The molecule has 4 rings (SSSR count). The maximum atomic E-state index is 13.2. The van der Waals surface area contributed by atoms with Gasteiger partial charge in [-0.25, -0.2) is 8.42 Å². The van der Waals surface area contributed by atoms with Gasteiger partial charge in [0.05, 0.1) is 10.8 Å². The fraction of sp³-hybridized carbons (Fsp3) is 0.636. The van der Waals surface area contributed by atoms with Crippen molar-refractivity contribution in [3.05, 3.63) is 24.3 Å². The monoisotopic (exact) mass is 433 g/mol. The van der Waals surface area contributed by atoms with Gasteiger partial charge in [0.1, 0.15) is 0 Å². The van der Waals surface area contributed by atoms with E-state index in [1.807, 2.05) is 4.90 Å². The molecule has 3 aliphatic heterocycles. The summed E-state index contributed by atoms with van der Waals surface area (Å²) in [5.41, 5.74) is 0.740. The molecule has 164 valence electrons. The van der Waals surface area contributed by atoms with Crippen molar-refractivity contribution in [3.8, 4) is 0 Å². The highest BCUT2D eigenvalue weighted by Gasteiger charge is 2.35. The van der Waals surface area contributed by atoms with Crippen LogP contribution in [0.25, 0.3) is 0 Å². The predicted molar refractivity (Wildman–Crippen MR) is 115 cm³/mol. The smallest absolute Gasteiger partial charge is 0.243 e. The van der Waals surface area contributed by atoms with Crippen LogP contribution in [0, 0.1) is 5.92 Å². The molecule has 0 saturated carbocycles. The Labute approximate surface area is 179 Å². The van der Waals surface area contributed by atoms with E-state index in [9.17, 15) is 18.0 Å². The third-order valence-corrected chi connectivity index (χ3v) is 8.39. The van der Waals surface area contributed by atoms with Crippen LogP contribution < -0.4 is 4.90 Å². The zero-order valence-electron chi connectivity index (χ0n) is 17.5. The highest BCUT2D eigenvalue weighted by atomic mass is 32.2. The molecule has 7 nitrogen and oxygen atoms in total. The van der Waals surface area contributed by atoms with Crippen molar-refractivity contribution < 1.29 is 18.0 Å². The number of hydrogen-bond acceptors (Lipinski definition) is 4. The van der Waals surface area contributed by atoms with E-state index in [1.54, 1.807) is 29.2 Å². The topological polar surface area (TPSA) is 78.0 Å². The molecule has 0 radical (unpaired) electrons. The van der Waals surface area contributed by atoms with E-state index in [4.69, 9.17) is 0 Å². The largest absolute Gasteiger partial charge is 0.342 e. The Morgan fingerprint density at radius 1 is 0.867 bits per heavy atom. The van der Waals surface area contributed by atoms with E-state index in [-0.39, 0.29) is 29.2 Å². The van der Waals surface area contributed by atoms with Crippen LogP contribution in [0.1, 0.15) is 51.4 Å². The van der Waals surface area contributed by atoms with Crippen LogP contribution in [-0.4, -0.2) is 62.2 Å². The fourth-order valence-electron chi connectivity index (χ4n) is 4.78. The second-order valence-corrected chi connectivity index (χ2v) is 10.5. The summed E-state index contributed by atoms with van der Waals surface area (Å²) in [6, 6.07) is 6.58. The first-order valence-corrected chi connectivity index (χ1v) is 12.6. The molecule has 0 bridgehead atoms. The van der Waals surface area contributed by atoms with Crippen LogP contribution in [0.5, 0.6) is 0 Å². The van der Waals surface area contributed by atoms with E-state index in [1.165, 1.54) is 4.31 Å². The maximum Gasteiger partial charge on any atom is 0.243 e. The SMILES string of the molecule is O=C(C1CCCN(S(=O)(=O)c2ccc(N3CCCC3=O)cc2)C1)N1CCCCCC1. The zero-order valence-corrected chi connectivity index (χ0v) is 18.3. The average Bonchev–Trinajstić information content (AvgIpc) is 3.01. The number of anilines is 1. The Balaban J connectivity index is 1.45. The first-order valence-electron chi connectivity index (χ1n) is 11.2. The van der Waals surface area contributed by atoms with Gasteiger partial charge in [0.15, 0.2) is 0 Å². The fourth-order valence-corrected chi connectivity index (χ4v) is 6.30. The zero-order chi connectivity index (χ0) is 21.1. The molecule has 0 N–H and O–H groups in total. The van der Waals surface area contributed by atoms with Crippen molar-refractivity contribution >= 4 is 27.5 Å². The van der Waals surface area contributed by atoms with Gasteiger partial charge in [-0.2, -0.15) is 4.31 Å². The van der Waals surface area contributed by atoms with Gasteiger partial charge in [-0.3, -0.25) is 9.59 Å². The second-order valence-electron chi connectivity index (χ2n) is 8.58. The summed E-state index contributed by atoms with van der Waals surface area (Å²) in [5, 5.41) is 0. The molecule has 30 heavy (non-hydrogen) atoms. The van der Waals surface area contributed by atoms with E-state index >= 15 is 0 Å². The molecule has 0 aliphatic carbocycles. The number of likely N-dealkylation sites (tertiary alicyclic amines) is 1. The summed E-state index contributed by atoms with van der Waals surface area (Å²) in [7, 11) is -3.66.